The van der Waals surface area contributed by atoms with Crippen LogP contribution in [0, 0.1) is 5.92 Å². The van der Waals surface area contributed by atoms with Crippen LogP contribution in [-0.2, 0) is 24.1 Å². The predicted octanol–water partition coefficient (Wildman–Crippen LogP) is 3.87. The summed E-state index contributed by atoms with van der Waals surface area (Å²) >= 11 is 13.3. The van der Waals surface area contributed by atoms with Gasteiger partial charge in [-0.25, -0.2) is 0 Å². The minimum Gasteiger partial charge on any atom is -0.395 e. The molecule has 2 aromatic rings. The molecule has 1 aromatic carbocycles. The van der Waals surface area contributed by atoms with E-state index in [2.05, 4.69) is 26.9 Å². The van der Waals surface area contributed by atoms with Crippen LogP contribution in [0.3, 0.4) is 0 Å². The number of carbonyl (C=O) groups excluding carboxylic acids is 1. The first-order valence-electron chi connectivity index (χ1n) is 11.2. The van der Waals surface area contributed by atoms with Crippen LogP contribution in [0.1, 0.15) is 43.0 Å². The number of anilines is 1. The van der Waals surface area contributed by atoms with Gasteiger partial charge in [-0.1, -0.05) is 30.1 Å². The number of halogens is 2. The number of aromatic amines is 1. The highest BCUT2D eigenvalue weighted by atomic mass is 35.5. The van der Waals surface area contributed by atoms with Crippen molar-refractivity contribution in [2.75, 3.05) is 31.1 Å². The number of aliphatic hydroxyl groups excluding tert-OH is 1. The van der Waals surface area contributed by atoms with Gasteiger partial charge in [0, 0.05) is 53.0 Å². The van der Waals surface area contributed by atoms with Gasteiger partial charge in [-0.2, -0.15) is 5.10 Å². The molecule has 8 heteroatoms. The predicted molar refractivity (Wildman–Crippen MR) is 124 cm³/mol. The summed E-state index contributed by atoms with van der Waals surface area (Å²) < 4.78 is 0. The Hall–Kier alpha value is -1.76. The van der Waals surface area contributed by atoms with E-state index >= 15 is 0 Å². The van der Waals surface area contributed by atoms with E-state index in [1.807, 2.05) is 18.3 Å². The van der Waals surface area contributed by atoms with E-state index in [-0.39, 0.29) is 24.5 Å². The van der Waals surface area contributed by atoms with E-state index in [1.165, 1.54) is 11.3 Å². The number of fused-ring (bicyclic) bond motifs is 1. The van der Waals surface area contributed by atoms with Crippen LogP contribution in [0.5, 0.6) is 0 Å². The minimum absolute atomic E-state index is 0.0743. The average Bonchev–Trinajstić information content (AvgIpc) is 3.36. The first-order chi connectivity index (χ1) is 15.0. The fourth-order valence-corrected chi connectivity index (χ4v) is 5.58. The molecule has 0 bridgehead atoms. The van der Waals surface area contributed by atoms with Gasteiger partial charge >= 0.3 is 0 Å². The van der Waals surface area contributed by atoms with Gasteiger partial charge in [0.1, 0.15) is 0 Å². The minimum atomic E-state index is -0.0872. The van der Waals surface area contributed by atoms with Gasteiger partial charge in [0.15, 0.2) is 0 Å². The number of likely N-dealkylation sites (tertiary alicyclic amines) is 1. The van der Waals surface area contributed by atoms with Gasteiger partial charge in [-0.3, -0.25) is 9.89 Å². The third-order valence-corrected chi connectivity index (χ3v) is 7.26. The summed E-state index contributed by atoms with van der Waals surface area (Å²) in [5, 5.41) is 17.7. The van der Waals surface area contributed by atoms with Crippen LogP contribution >= 0.6 is 23.2 Å². The monoisotopic (exact) mass is 464 g/mol. The summed E-state index contributed by atoms with van der Waals surface area (Å²) in [6, 6.07) is 4.07. The number of nitrogens with one attached hydrogen (secondary N) is 1. The first kappa shape index (κ1) is 22.4. The Balaban J connectivity index is 1.45. The van der Waals surface area contributed by atoms with Crippen LogP contribution < -0.4 is 4.90 Å². The molecule has 2 atom stereocenters. The lowest BCUT2D eigenvalue weighted by Crippen LogP contribution is -2.41. The molecule has 0 saturated carbocycles. The second-order valence-electron chi connectivity index (χ2n) is 8.59. The van der Waals surface area contributed by atoms with E-state index in [4.69, 9.17) is 23.2 Å². The Bertz CT molecular complexity index is 903. The number of hydrogen-bond acceptors (Lipinski definition) is 4. The number of amides is 1. The number of hydrogen-bond donors (Lipinski definition) is 2. The summed E-state index contributed by atoms with van der Waals surface area (Å²) in [4.78, 5) is 17.3. The molecule has 168 valence electrons. The normalized spacial score (nSPS) is 20.9. The Morgan fingerprint density at radius 1 is 1.26 bits per heavy atom. The summed E-state index contributed by atoms with van der Waals surface area (Å²) in [6.07, 6.45) is 7.03. The second-order valence-corrected chi connectivity index (χ2v) is 9.40. The molecule has 0 spiro atoms. The fraction of sp³-hybridized carbons (Fsp3) is 0.565. The first-order valence-corrected chi connectivity index (χ1v) is 11.9. The summed E-state index contributed by atoms with van der Waals surface area (Å²) in [6.45, 7) is 4.32. The topological polar surface area (TPSA) is 72.5 Å². The number of H-pyrrole nitrogens is 1. The number of aryl methyl sites for hydroxylation is 1. The quantitative estimate of drug-likeness (QED) is 0.621. The van der Waals surface area contributed by atoms with Crippen molar-refractivity contribution in [3.63, 3.8) is 0 Å². The number of carbonyl (C=O) groups is 1. The van der Waals surface area contributed by atoms with E-state index < -0.39 is 0 Å². The summed E-state index contributed by atoms with van der Waals surface area (Å²) in [5.41, 5.74) is 4.19. The summed E-state index contributed by atoms with van der Waals surface area (Å²) in [7, 11) is 0. The Morgan fingerprint density at radius 3 is 2.74 bits per heavy atom. The largest absolute Gasteiger partial charge is 0.395 e. The van der Waals surface area contributed by atoms with Crippen molar-refractivity contribution in [3.8, 4) is 0 Å². The average molecular weight is 465 g/mol. The molecule has 2 N–H and O–H groups in total. The maximum atomic E-state index is 13.2. The van der Waals surface area contributed by atoms with Crippen molar-refractivity contribution in [1.29, 1.82) is 0 Å². The lowest BCUT2D eigenvalue weighted by molar-refractivity contribution is -0.133. The Labute approximate surface area is 193 Å². The van der Waals surface area contributed by atoms with Gasteiger partial charge in [0.25, 0.3) is 0 Å². The molecule has 1 aromatic heterocycles. The third kappa shape index (κ3) is 4.71. The lowest BCUT2D eigenvalue weighted by atomic mass is 9.92. The number of aliphatic hydroxyl groups is 1. The second kappa shape index (κ2) is 9.80. The van der Waals surface area contributed by atoms with Crippen LogP contribution in [0.25, 0.3) is 0 Å². The Morgan fingerprint density at radius 2 is 2.03 bits per heavy atom. The maximum Gasteiger partial charge on any atom is 0.226 e. The molecule has 1 fully saturated rings. The molecule has 0 radical (unpaired) electrons. The number of rotatable bonds is 8. The Kier molecular flexibility index (Phi) is 7.09. The molecule has 1 saturated heterocycles. The molecule has 31 heavy (non-hydrogen) atoms. The van der Waals surface area contributed by atoms with Crippen LogP contribution in [0.15, 0.2) is 18.3 Å². The molecular formula is C23H30Cl2N4O2. The zero-order valence-corrected chi connectivity index (χ0v) is 19.4. The zero-order valence-electron chi connectivity index (χ0n) is 17.9. The standard InChI is InChI=1S/C23H30Cl2N4O2/c1-2-6-28(8-9-30)18-12-20(24)19(21(25)13-18)11-15-5-7-29(23(15)31)17-3-4-22-16(10-17)14-26-27-22/h12-15,17,30H,2-11H2,1H3,(H,26,27)/t15-,17?/m0/s1. The van der Waals surface area contributed by atoms with Crippen molar-refractivity contribution in [3.05, 3.63) is 45.2 Å². The van der Waals surface area contributed by atoms with Crippen molar-refractivity contribution in [2.45, 2.75) is 51.5 Å². The molecular weight excluding hydrogens is 435 g/mol. The lowest BCUT2D eigenvalue weighted by Gasteiger charge is -2.31. The molecule has 4 rings (SSSR count). The number of benzene rings is 1. The number of aromatic nitrogens is 2. The van der Waals surface area contributed by atoms with Crippen molar-refractivity contribution in [2.24, 2.45) is 5.92 Å². The van der Waals surface area contributed by atoms with E-state index in [0.717, 1.165) is 56.4 Å². The fourth-order valence-electron chi connectivity index (χ4n) is 4.95. The maximum absolute atomic E-state index is 13.2. The molecule has 1 aliphatic carbocycles. The van der Waals surface area contributed by atoms with E-state index in [1.54, 1.807) is 0 Å². The van der Waals surface area contributed by atoms with Crippen LogP contribution in [0.2, 0.25) is 10.0 Å². The molecule has 1 aliphatic heterocycles. The van der Waals surface area contributed by atoms with Crippen molar-refractivity contribution >= 4 is 34.8 Å². The molecule has 6 nitrogen and oxygen atoms in total. The SMILES string of the molecule is CCCN(CCO)c1cc(Cl)c(C[C@@H]2CCN(C3CCc4[nH]ncc4C3)C2=O)c(Cl)c1. The highest BCUT2D eigenvalue weighted by molar-refractivity contribution is 6.36. The third-order valence-electron chi connectivity index (χ3n) is 6.59. The highest BCUT2D eigenvalue weighted by Crippen LogP contribution is 2.36. The van der Waals surface area contributed by atoms with Crippen LogP contribution in [-0.4, -0.2) is 58.4 Å². The van der Waals surface area contributed by atoms with Gasteiger partial charge in [0.2, 0.25) is 5.91 Å². The van der Waals surface area contributed by atoms with Crippen molar-refractivity contribution in [1.82, 2.24) is 15.1 Å². The van der Waals surface area contributed by atoms with Gasteiger partial charge in [0.05, 0.1) is 12.8 Å². The van der Waals surface area contributed by atoms with Crippen LogP contribution in [0.4, 0.5) is 5.69 Å². The van der Waals surface area contributed by atoms with Crippen molar-refractivity contribution < 1.29 is 9.90 Å². The van der Waals surface area contributed by atoms with Gasteiger partial charge < -0.3 is 14.9 Å². The number of nitrogens with zero attached hydrogens (tertiary/aromatic N) is 3. The highest BCUT2D eigenvalue weighted by Gasteiger charge is 2.38. The molecule has 1 unspecified atom stereocenters. The summed E-state index contributed by atoms with van der Waals surface area (Å²) in [5.74, 6) is 0.122. The van der Waals surface area contributed by atoms with E-state index in [9.17, 15) is 9.90 Å². The molecule has 2 heterocycles. The smallest absolute Gasteiger partial charge is 0.226 e. The van der Waals surface area contributed by atoms with E-state index in [0.29, 0.717) is 23.0 Å². The zero-order chi connectivity index (χ0) is 22.0. The molecule has 2 aliphatic rings. The molecule has 1 amide bonds. The van der Waals surface area contributed by atoms with Gasteiger partial charge in [-0.15, -0.1) is 0 Å². The van der Waals surface area contributed by atoms with Gasteiger partial charge in [-0.05, 0) is 61.8 Å².